The summed E-state index contributed by atoms with van der Waals surface area (Å²) in [6, 6.07) is 7.52. The summed E-state index contributed by atoms with van der Waals surface area (Å²) in [4.78, 5) is 13.7. The molecule has 0 aliphatic carbocycles. The van der Waals surface area contributed by atoms with Crippen LogP contribution in [0.2, 0.25) is 5.02 Å². The Labute approximate surface area is 120 Å². The lowest BCUT2D eigenvalue weighted by Crippen LogP contribution is -2.35. The smallest absolute Gasteiger partial charge is 0.248 e. The van der Waals surface area contributed by atoms with Crippen LogP contribution in [0, 0.1) is 0 Å². The van der Waals surface area contributed by atoms with E-state index in [9.17, 15) is 4.79 Å². The molecule has 1 rings (SSSR count). The molecule has 0 saturated heterocycles. The minimum absolute atomic E-state index is 0.00617. The molecule has 0 N–H and O–H groups in total. The molecular weight excluding hydrogens is 262 g/mol. The topological polar surface area (TPSA) is 29.5 Å². The quantitative estimate of drug-likeness (QED) is 0.844. The average Bonchev–Trinajstić information content (AvgIpc) is 2.34. The van der Waals surface area contributed by atoms with E-state index >= 15 is 0 Å². The van der Waals surface area contributed by atoms with Crippen molar-refractivity contribution in [3.05, 3.63) is 34.9 Å². The van der Waals surface area contributed by atoms with E-state index in [2.05, 4.69) is 0 Å². The largest absolute Gasteiger partial charge is 0.366 e. The van der Waals surface area contributed by atoms with Gasteiger partial charge in [-0.1, -0.05) is 23.7 Å². The molecule has 1 unspecified atom stereocenters. The van der Waals surface area contributed by atoms with Crippen LogP contribution in [0.4, 0.5) is 0 Å². The summed E-state index contributed by atoms with van der Waals surface area (Å²) < 4.78 is 5.51. The van der Waals surface area contributed by atoms with Gasteiger partial charge in [-0.25, -0.2) is 0 Å². The van der Waals surface area contributed by atoms with Gasteiger partial charge in [0.05, 0.1) is 11.6 Å². The van der Waals surface area contributed by atoms with Gasteiger partial charge in [0.15, 0.2) is 0 Å². The minimum Gasteiger partial charge on any atom is -0.366 e. The molecule has 0 heterocycles. The third kappa shape index (κ3) is 5.21. The summed E-state index contributed by atoms with van der Waals surface area (Å²) in [5, 5.41) is 0.695. The van der Waals surface area contributed by atoms with E-state index in [1.54, 1.807) is 11.9 Å². The van der Waals surface area contributed by atoms with Gasteiger partial charge in [0, 0.05) is 12.1 Å². The second-order valence-corrected chi connectivity index (χ2v) is 6.07. The maximum atomic E-state index is 12.0. The lowest BCUT2D eigenvalue weighted by molar-refractivity contribution is -0.141. The number of carbonyl (C=O) groups excluding carboxylic acids is 1. The number of amides is 1. The van der Waals surface area contributed by atoms with Gasteiger partial charge in [0.2, 0.25) is 5.91 Å². The Morgan fingerprint density at radius 3 is 2.32 bits per heavy atom. The van der Waals surface area contributed by atoms with Gasteiger partial charge < -0.3 is 9.64 Å². The maximum absolute atomic E-state index is 12.0. The van der Waals surface area contributed by atoms with Crippen LogP contribution >= 0.6 is 11.6 Å². The van der Waals surface area contributed by atoms with Gasteiger partial charge in [-0.2, -0.15) is 0 Å². The van der Waals surface area contributed by atoms with Crippen molar-refractivity contribution in [1.82, 2.24) is 4.90 Å². The molecule has 106 valence electrons. The Kier molecular flexibility index (Phi) is 5.39. The summed E-state index contributed by atoms with van der Waals surface area (Å²) in [6.45, 7) is 7.88. The number of benzene rings is 1. The van der Waals surface area contributed by atoms with E-state index in [0.29, 0.717) is 5.02 Å². The number of nitrogens with zero attached hydrogens (tertiary/aromatic N) is 1. The van der Waals surface area contributed by atoms with Gasteiger partial charge in [-0.15, -0.1) is 0 Å². The Bertz CT molecular complexity index is 423. The Hall–Kier alpha value is -1.06. The summed E-state index contributed by atoms with van der Waals surface area (Å²) in [6.07, 6.45) is 0. The van der Waals surface area contributed by atoms with Crippen molar-refractivity contribution in [2.24, 2.45) is 0 Å². The van der Waals surface area contributed by atoms with E-state index < -0.39 is 0 Å². The van der Waals surface area contributed by atoms with E-state index in [-0.39, 0.29) is 24.2 Å². The molecule has 0 fully saturated rings. The van der Waals surface area contributed by atoms with Crippen molar-refractivity contribution in [2.75, 3.05) is 13.7 Å². The van der Waals surface area contributed by atoms with Crippen LogP contribution in [0.3, 0.4) is 0 Å². The minimum atomic E-state index is -0.306. The molecule has 1 aromatic carbocycles. The first kappa shape index (κ1) is 16.0. The molecule has 0 aliphatic rings. The maximum Gasteiger partial charge on any atom is 0.248 e. The predicted octanol–water partition coefficient (Wildman–Crippen LogP) is 3.67. The van der Waals surface area contributed by atoms with E-state index in [1.165, 1.54) is 0 Å². The molecule has 0 radical (unpaired) electrons. The lowest BCUT2D eigenvalue weighted by Gasteiger charge is -2.27. The fraction of sp³-hybridized carbons (Fsp3) is 0.533. The van der Waals surface area contributed by atoms with Crippen LogP contribution in [0.25, 0.3) is 0 Å². The highest BCUT2D eigenvalue weighted by Gasteiger charge is 2.20. The van der Waals surface area contributed by atoms with Crippen LogP contribution in [0.15, 0.2) is 24.3 Å². The summed E-state index contributed by atoms with van der Waals surface area (Å²) in [5.74, 6) is -0.0302. The van der Waals surface area contributed by atoms with E-state index in [1.807, 2.05) is 52.0 Å². The van der Waals surface area contributed by atoms with Crippen molar-refractivity contribution < 1.29 is 9.53 Å². The highest BCUT2D eigenvalue weighted by Crippen LogP contribution is 2.21. The van der Waals surface area contributed by atoms with Crippen molar-refractivity contribution in [3.8, 4) is 0 Å². The van der Waals surface area contributed by atoms with Crippen LogP contribution < -0.4 is 0 Å². The molecule has 0 spiro atoms. The third-order valence-electron chi connectivity index (χ3n) is 2.96. The van der Waals surface area contributed by atoms with Gasteiger partial charge in [-0.05, 0) is 45.4 Å². The van der Waals surface area contributed by atoms with E-state index in [0.717, 1.165) is 5.56 Å². The fourth-order valence-electron chi connectivity index (χ4n) is 1.56. The summed E-state index contributed by atoms with van der Waals surface area (Å²) >= 11 is 5.86. The molecular formula is C15H22ClNO2. The second kappa shape index (κ2) is 6.40. The standard InChI is InChI=1S/C15H22ClNO2/c1-11(12-6-8-13(16)9-7-12)17(5)14(18)10-19-15(2,3)4/h6-9,11H,10H2,1-5H3. The number of carbonyl (C=O) groups is 1. The van der Waals surface area contributed by atoms with Crippen LogP contribution in [-0.4, -0.2) is 30.1 Å². The summed E-state index contributed by atoms with van der Waals surface area (Å²) in [7, 11) is 1.79. The predicted molar refractivity (Wildman–Crippen MR) is 78.3 cm³/mol. The molecule has 0 aromatic heterocycles. The number of likely N-dealkylation sites (N-methyl/N-ethyl adjacent to an activating group) is 1. The Balaban J connectivity index is 2.63. The second-order valence-electron chi connectivity index (χ2n) is 5.63. The third-order valence-corrected chi connectivity index (χ3v) is 3.21. The summed E-state index contributed by atoms with van der Waals surface area (Å²) in [5.41, 5.74) is 0.746. The molecule has 1 amide bonds. The number of halogens is 1. The molecule has 19 heavy (non-hydrogen) atoms. The zero-order chi connectivity index (χ0) is 14.6. The van der Waals surface area contributed by atoms with Gasteiger partial charge in [-0.3, -0.25) is 4.79 Å². The van der Waals surface area contributed by atoms with Gasteiger partial charge in [0.1, 0.15) is 6.61 Å². The van der Waals surface area contributed by atoms with Crippen molar-refractivity contribution in [1.29, 1.82) is 0 Å². The first-order valence-electron chi connectivity index (χ1n) is 6.36. The van der Waals surface area contributed by atoms with Crippen molar-refractivity contribution in [2.45, 2.75) is 39.3 Å². The molecule has 1 atom stereocenters. The molecule has 0 aliphatic heterocycles. The molecule has 3 nitrogen and oxygen atoms in total. The molecule has 4 heteroatoms. The van der Waals surface area contributed by atoms with Crippen molar-refractivity contribution >= 4 is 17.5 Å². The monoisotopic (exact) mass is 283 g/mol. The van der Waals surface area contributed by atoms with Crippen molar-refractivity contribution in [3.63, 3.8) is 0 Å². The van der Waals surface area contributed by atoms with Gasteiger partial charge in [0.25, 0.3) is 0 Å². The average molecular weight is 284 g/mol. The highest BCUT2D eigenvalue weighted by atomic mass is 35.5. The zero-order valence-electron chi connectivity index (χ0n) is 12.2. The van der Waals surface area contributed by atoms with Crippen LogP contribution in [0.5, 0.6) is 0 Å². The van der Waals surface area contributed by atoms with Crippen LogP contribution in [-0.2, 0) is 9.53 Å². The molecule has 1 aromatic rings. The highest BCUT2D eigenvalue weighted by molar-refractivity contribution is 6.30. The number of hydrogen-bond donors (Lipinski definition) is 0. The van der Waals surface area contributed by atoms with Gasteiger partial charge >= 0.3 is 0 Å². The Morgan fingerprint density at radius 1 is 1.32 bits per heavy atom. The zero-order valence-corrected chi connectivity index (χ0v) is 13.0. The lowest BCUT2D eigenvalue weighted by atomic mass is 10.1. The first-order chi connectivity index (χ1) is 8.70. The number of hydrogen-bond acceptors (Lipinski definition) is 2. The fourth-order valence-corrected chi connectivity index (χ4v) is 1.69. The first-order valence-corrected chi connectivity index (χ1v) is 6.73. The normalized spacial score (nSPS) is 13.2. The number of rotatable bonds is 4. The SMILES string of the molecule is CC(c1ccc(Cl)cc1)N(C)C(=O)COC(C)(C)C. The van der Waals surface area contributed by atoms with E-state index in [4.69, 9.17) is 16.3 Å². The Morgan fingerprint density at radius 2 is 1.84 bits per heavy atom. The number of ether oxygens (including phenoxy) is 1. The molecule has 0 bridgehead atoms. The molecule has 0 saturated carbocycles. The van der Waals surface area contributed by atoms with Crippen LogP contribution in [0.1, 0.15) is 39.3 Å².